The molecule has 0 aliphatic carbocycles. The van der Waals surface area contributed by atoms with Gasteiger partial charge in [-0.2, -0.15) is 0 Å². The largest absolute Gasteiger partial charge is 0.295 e. The average Bonchev–Trinajstić information content (AvgIpc) is 2.54. The van der Waals surface area contributed by atoms with E-state index in [4.69, 9.17) is 0 Å². The standard InChI is InChI=1S/C21H27NSSi/c1-22(2)20(16-17-24(3,4)5)21(18-12-8-6-9-13-18)23-19-14-10-7-11-15-19/h6-15,20-21H,1-5H3/t20-,21-/m0/s1. The van der Waals surface area contributed by atoms with Crippen LogP contribution in [0.5, 0.6) is 0 Å². The molecule has 0 aromatic heterocycles. The second-order valence-corrected chi connectivity index (χ2v) is 13.2. The lowest BCUT2D eigenvalue weighted by molar-refractivity contribution is 0.347. The normalized spacial score (nSPS) is 13.9. The monoisotopic (exact) mass is 353 g/mol. The quantitative estimate of drug-likeness (QED) is 0.406. The van der Waals surface area contributed by atoms with Crippen LogP contribution in [0, 0.1) is 11.5 Å². The maximum atomic E-state index is 3.59. The van der Waals surface area contributed by atoms with Gasteiger partial charge in [-0.25, -0.2) is 0 Å². The first-order valence-corrected chi connectivity index (χ1v) is 12.7. The second kappa shape index (κ2) is 8.57. The molecule has 1 nitrogen and oxygen atoms in total. The molecule has 0 amide bonds. The summed E-state index contributed by atoms with van der Waals surface area (Å²) in [4.78, 5) is 3.54. The van der Waals surface area contributed by atoms with Crippen molar-refractivity contribution in [2.75, 3.05) is 14.1 Å². The van der Waals surface area contributed by atoms with Crippen LogP contribution in [0.15, 0.2) is 65.6 Å². The average molecular weight is 354 g/mol. The highest BCUT2D eigenvalue weighted by Crippen LogP contribution is 2.39. The third-order valence-corrected chi connectivity index (χ3v) is 5.80. The maximum absolute atomic E-state index is 3.59. The number of benzene rings is 2. The van der Waals surface area contributed by atoms with Crippen molar-refractivity contribution in [1.82, 2.24) is 4.90 Å². The molecule has 0 unspecified atom stereocenters. The predicted molar refractivity (Wildman–Crippen MR) is 110 cm³/mol. The summed E-state index contributed by atoms with van der Waals surface area (Å²) in [6.45, 7) is 6.90. The van der Waals surface area contributed by atoms with Gasteiger partial charge in [0.15, 0.2) is 0 Å². The lowest BCUT2D eigenvalue weighted by Gasteiger charge is -2.29. The van der Waals surface area contributed by atoms with Crippen molar-refractivity contribution in [2.24, 2.45) is 0 Å². The number of hydrogen-bond acceptors (Lipinski definition) is 2. The first-order chi connectivity index (χ1) is 11.4. The van der Waals surface area contributed by atoms with E-state index in [0.29, 0.717) is 0 Å². The zero-order valence-corrected chi connectivity index (χ0v) is 17.1. The molecular weight excluding hydrogens is 326 g/mol. The zero-order valence-electron chi connectivity index (χ0n) is 15.3. The van der Waals surface area contributed by atoms with Crippen molar-refractivity contribution in [3.63, 3.8) is 0 Å². The number of hydrogen-bond donors (Lipinski definition) is 0. The van der Waals surface area contributed by atoms with E-state index < -0.39 is 8.07 Å². The fourth-order valence-corrected chi connectivity index (χ4v) is 4.29. The van der Waals surface area contributed by atoms with Gasteiger partial charge in [0, 0.05) is 4.90 Å². The highest BCUT2D eigenvalue weighted by Gasteiger charge is 2.25. The van der Waals surface area contributed by atoms with Crippen molar-refractivity contribution < 1.29 is 0 Å². The summed E-state index contributed by atoms with van der Waals surface area (Å²) in [5, 5.41) is 0.285. The fourth-order valence-electron chi connectivity index (χ4n) is 2.37. The van der Waals surface area contributed by atoms with E-state index in [0.717, 1.165) is 0 Å². The van der Waals surface area contributed by atoms with Gasteiger partial charge >= 0.3 is 0 Å². The Morgan fingerprint density at radius 2 is 1.42 bits per heavy atom. The number of rotatable bonds is 5. The second-order valence-electron chi connectivity index (χ2n) is 7.19. The first-order valence-electron chi connectivity index (χ1n) is 8.32. The molecule has 0 saturated carbocycles. The van der Waals surface area contributed by atoms with Gasteiger partial charge in [-0.3, -0.25) is 4.90 Å². The van der Waals surface area contributed by atoms with Crippen LogP contribution in [0.3, 0.4) is 0 Å². The van der Waals surface area contributed by atoms with Crippen molar-refractivity contribution in [3.05, 3.63) is 66.2 Å². The van der Waals surface area contributed by atoms with E-state index in [-0.39, 0.29) is 11.3 Å². The van der Waals surface area contributed by atoms with Crippen LogP contribution in [-0.2, 0) is 0 Å². The van der Waals surface area contributed by atoms with E-state index >= 15 is 0 Å². The highest BCUT2D eigenvalue weighted by atomic mass is 32.2. The van der Waals surface area contributed by atoms with Crippen molar-refractivity contribution >= 4 is 19.8 Å². The summed E-state index contributed by atoms with van der Waals surface area (Å²) in [7, 11) is 2.86. The number of nitrogens with zero attached hydrogens (tertiary/aromatic N) is 1. The molecule has 2 rings (SSSR count). The summed E-state index contributed by atoms with van der Waals surface area (Å²) in [6.07, 6.45) is 0. The van der Waals surface area contributed by atoms with Crippen molar-refractivity contribution in [3.8, 4) is 11.5 Å². The minimum Gasteiger partial charge on any atom is -0.295 e. The van der Waals surface area contributed by atoms with Crippen LogP contribution in [0.2, 0.25) is 19.6 Å². The van der Waals surface area contributed by atoms with Gasteiger partial charge in [-0.1, -0.05) is 74.1 Å². The Morgan fingerprint density at radius 1 is 0.875 bits per heavy atom. The molecule has 0 aliphatic rings. The van der Waals surface area contributed by atoms with E-state index in [1.807, 2.05) is 11.8 Å². The smallest absolute Gasteiger partial charge is 0.129 e. The van der Waals surface area contributed by atoms with Crippen LogP contribution in [0.1, 0.15) is 10.8 Å². The van der Waals surface area contributed by atoms with E-state index in [2.05, 4.69) is 111 Å². The van der Waals surface area contributed by atoms with Gasteiger partial charge in [0.2, 0.25) is 0 Å². The molecule has 0 aliphatic heterocycles. The molecule has 0 spiro atoms. The maximum Gasteiger partial charge on any atom is 0.129 e. The molecule has 0 fully saturated rings. The van der Waals surface area contributed by atoms with Gasteiger partial charge in [-0.15, -0.1) is 17.3 Å². The van der Waals surface area contributed by atoms with E-state index in [9.17, 15) is 0 Å². The fraction of sp³-hybridized carbons (Fsp3) is 0.333. The van der Waals surface area contributed by atoms with Crippen LogP contribution in [0.4, 0.5) is 0 Å². The third-order valence-electron chi connectivity index (χ3n) is 3.57. The van der Waals surface area contributed by atoms with Crippen molar-refractivity contribution in [2.45, 2.75) is 35.8 Å². The number of thioether (sulfide) groups is 1. The molecule has 0 N–H and O–H groups in total. The minimum atomic E-state index is -1.40. The summed E-state index contributed by atoms with van der Waals surface area (Å²) in [6, 6.07) is 21.6. The topological polar surface area (TPSA) is 3.24 Å². The van der Waals surface area contributed by atoms with Gasteiger partial charge in [0.1, 0.15) is 8.07 Å². The molecule has 3 heteroatoms. The van der Waals surface area contributed by atoms with Gasteiger partial charge in [0.25, 0.3) is 0 Å². The first kappa shape index (κ1) is 18.9. The Balaban J connectivity index is 2.40. The van der Waals surface area contributed by atoms with Gasteiger partial charge in [-0.05, 0) is 31.8 Å². The van der Waals surface area contributed by atoms with Crippen LogP contribution < -0.4 is 0 Å². The molecule has 0 bridgehead atoms. The third kappa shape index (κ3) is 5.87. The van der Waals surface area contributed by atoms with E-state index in [1.54, 1.807) is 0 Å². The lowest BCUT2D eigenvalue weighted by atomic mass is 10.1. The Bertz CT molecular complexity index is 681. The molecule has 24 heavy (non-hydrogen) atoms. The van der Waals surface area contributed by atoms with Crippen LogP contribution in [0.25, 0.3) is 0 Å². The number of likely N-dealkylation sites (N-methyl/N-ethyl adjacent to an activating group) is 1. The molecule has 0 saturated heterocycles. The Morgan fingerprint density at radius 3 is 1.92 bits per heavy atom. The minimum absolute atomic E-state index is 0.185. The zero-order chi connectivity index (χ0) is 17.6. The van der Waals surface area contributed by atoms with Crippen LogP contribution >= 0.6 is 11.8 Å². The highest BCUT2D eigenvalue weighted by molar-refractivity contribution is 7.99. The summed E-state index contributed by atoms with van der Waals surface area (Å²) < 4.78 is 0. The molecule has 126 valence electrons. The summed E-state index contributed by atoms with van der Waals surface area (Å²) in [5.74, 6) is 3.59. The molecular formula is C21H27NSSi. The molecule has 2 aromatic rings. The van der Waals surface area contributed by atoms with Gasteiger partial charge < -0.3 is 0 Å². The predicted octanol–water partition coefficient (Wildman–Crippen LogP) is 5.33. The SMILES string of the molecule is CN(C)[C@@H](C#C[Si](C)(C)C)[C@@H](Sc1ccccc1)c1ccccc1. The summed E-state index contributed by atoms with van der Waals surface area (Å²) in [5.41, 5.74) is 4.90. The lowest BCUT2D eigenvalue weighted by Crippen LogP contribution is -2.32. The summed E-state index contributed by atoms with van der Waals surface area (Å²) >= 11 is 1.90. The Hall–Kier alpha value is -1.47. The molecule has 0 heterocycles. The Kier molecular flexibility index (Phi) is 6.74. The Labute approximate surface area is 152 Å². The van der Waals surface area contributed by atoms with E-state index in [1.165, 1.54) is 10.5 Å². The molecule has 2 atom stereocenters. The van der Waals surface area contributed by atoms with Crippen LogP contribution in [-0.4, -0.2) is 33.1 Å². The molecule has 2 aromatic carbocycles. The van der Waals surface area contributed by atoms with Gasteiger partial charge in [0.05, 0.1) is 11.3 Å². The molecule has 0 radical (unpaired) electrons. The van der Waals surface area contributed by atoms with Crippen molar-refractivity contribution in [1.29, 1.82) is 0 Å².